The molecule has 0 aliphatic carbocycles. The van der Waals surface area contributed by atoms with E-state index in [2.05, 4.69) is 28.1 Å². The Kier molecular flexibility index (Phi) is 5.43. The molecule has 0 saturated carbocycles. The van der Waals surface area contributed by atoms with Crippen molar-refractivity contribution in [2.45, 2.75) is 26.7 Å². The third kappa shape index (κ3) is 3.56. The molecular weight excluding hydrogens is 426 g/mol. The molecule has 7 nitrogen and oxygen atoms in total. The molecule has 4 aromatic rings. The maximum absolute atomic E-state index is 12.2. The first-order chi connectivity index (χ1) is 15.6. The van der Waals surface area contributed by atoms with E-state index in [0.29, 0.717) is 30.5 Å². The van der Waals surface area contributed by atoms with Gasteiger partial charge in [0.05, 0.1) is 23.1 Å². The maximum Gasteiger partial charge on any atom is 0.309 e. The number of hydrogen-bond acceptors (Lipinski definition) is 6. The lowest BCUT2D eigenvalue weighted by Crippen LogP contribution is -2.38. The molecule has 0 N–H and O–H groups in total. The average molecular weight is 450 g/mol. The number of aryl methyl sites for hydroxylation is 1. The summed E-state index contributed by atoms with van der Waals surface area (Å²) < 4.78 is 7.22. The predicted octanol–water partition coefficient (Wildman–Crippen LogP) is 4.69. The van der Waals surface area contributed by atoms with Crippen LogP contribution in [-0.4, -0.2) is 45.2 Å². The molecular formula is C24H24ClN5O2. The minimum Gasteiger partial charge on any atom is -0.466 e. The number of esters is 1. The van der Waals surface area contributed by atoms with E-state index in [1.165, 1.54) is 0 Å². The van der Waals surface area contributed by atoms with Gasteiger partial charge >= 0.3 is 5.97 Å². The molecule has 0 spiro atoms. The number of anilines is 1. The third-order valence-corrected chi connectivity index (χ3v) is 6.32. The Morgan fingerprint density at radius 2 is 1.94 bits per heavy atom. The Hall–Kier alpha value is -3.19. The van der Waals surface area contributed by atoms with Crippen LogP contribution in [0.4, 0.5) is 5.95 Å². The number of fused-ring (bicyclic) bond motifs is 3. The standard InChI is InChI=1S/C24H24ClN5O2/c1-3-32-23(31)16-10-12-29(13-11-16)24-26-20-9-8-15(2)14-18(20)22-28-27-21(30(22)24)17-6-4-5-7-19(17)25/h4-9,14,16H,3,10-13H2,1-2H3. The highest BCUT2D eigenvalue weighted by molar-refractivity contribution is 6.33. The van der Waals surface area contributed by atoms with Gasteiger partial charge < -0.3 is 9.64 Å². The predicted molar refractivity (Wildman–Crippen MR) is 125 cm³/mol. The van der Waals surface area contributed by atoms with Gasteiger partial charge in [0.15, 0.2) is 11.5 Å². The van der Waals surface area contributed by atoms with Crippen molar-refractivity contribution in [3.8, 4) is 11.4 Å². The molecule has 1 fully saturated rings. The first kappa shape index (κ1) is 20.7. The Morgan fingerprint density at radius 1 is 1.16 bits per heavy atom. The summed E-state index contributed by atoms with van der Waals surface area (Å²) in [6.45, 7) is 5.70. The largest absolute Gasteiger partial charge is 0.466 e. The summed E-state index contributed by atoms with van der Waals surface area (Å²) in [5, 5.41) is 10.6. The summed E-state index contributed by atoms with van der Waals surface area (Å²) >= 11 is 6.51. The van der Waals surface area contributed by atoms with Gasteiger partial charge in [-0.2, -0.15) is 0 Å². The summed E-state index contributed by atoms with van der Waals surface area (Å²) in [6.07, 6.45) is 1.44. The van der Waals surface area contributed by atoms with Crippen LogP contribution in [-0.2, 0) is 9.53 Å². The number of nitrogens with zero attached hydrogens (tertiary/aromatic N) is 5. The van der Waals surface area contributed by atoms with E-state index in [9.17, 15) is 4.79 Å². The van der Waals surface area contributed by atoms with Crippen LogP contribution in [0.3, 0.4) is 0 Å². The van der Waals surface area contributed by atoms with Crippen LogP contribution in [0.15, 0.2) is 42.5 Å². The van der Waals surface area contributed by atoms with Crippen LogP contribution in [0.2, 0.25) is 5.02 Å². The van der Waals surface area contributed by atoms with Crippen LogP contribution in [0.25, 0.3) is 27.9 Å². The van der Waals surface area contributed by atoms with Crippen molar-refractivity contribution < 1.29 is 9.53 Å². The SMILES string of the molecule is CCOC(=O)C1CCN(c2nc3ccc(C)cc3c3nnc(-c4ccccc4Cl)n23)CC1. The number of piperidine rings is 1. The molecule has 0 atom stereocenters. The van der Waals surface area contributed by atoms with Gasteiger partial charge in [-0.1, -0.05) is 35.4 Å². The molecule has 0 bridgehead atoms. The highest BCUT2D eigenvalue weighted by atomic mass is 35.5. The summed E-state index contributed by atoms with van der Waals surface area (Å²) in [5.74, 6) is 1.23. The number of ether oxygens (including phenoxy) is 1. The van der Waals surface area contributed by atoms with Gasteiger partial charge in [-0.3, -0.25) is 4.79 Å². The smallest absolute Gasteiger partial charge is 0.309 e. The molecule has 0 amide bonds. The van der Waals surface area contributed by atoms with Crippen molar-refractivity contribution in [1.82, 2.24) is 19.6 Å². The van der Waals surface area contributed by atoms with Crippen LogP contribution in [0.1, 0.15) is 25.3 Å². The van der Waals surface area contributed by atoms with Crippen LogP contribution < -0.4 is 4.90 Å². The van der Waals surface area contributed by atoms with Crippen LogP contribution in [0.5, 0.6) is 0 Å². The number of hydrogen-bond donors (Lipinski definition) is 0. The lowest BCUT2D eigenvalue weighted by Gasteiger charge is -2.32. The minimum atomic E-state index is -0.111. The Labute approximate surface area is 191 Å². The average Bonchev–Trinajstić information content (AvgIpc) is 3.24. The fourth-order valence-electron chi connectivity index (χ4n) is 4.34. The topological polar surface area (TPSA) is 72.6 Å². The van der Waals surface area contributed by atoms with E-state index >= 15 is 0 Å². The summed E-state index contributed by atoms with van der Waals surface area (Å²) in [4.78, 5) is 19.4. The Bertz CT molecular complexity index is 1310. The van der Waals surface area contributed by atoms with Gasteiger partial charge in [-0.05, 0) is 51.0 Å². The second kappa shape index (κ2) is 8.39. The zero-order chi connectivity index (χ0) is 22.2. The molecule has 0 radical (unpaired) electrons. The van der Waals surface area contributed by atoms with Crippen molar-refractivity contribution in [1.29, 1.82) is 0 Å². The quantitative estimate of drug-likeness (QED) is 0.421. The monoisotopic (exact) mass is 449 g/mol. The highest BCUT2D eigenvalue weighted by Gasteiger charge is 2.29. The first-order valence-electron chi connectivity index (χ1n) is 10.9. The molecule has 3 heterocycles. The number of aromatic nitrogens is 4. The lowest BCUT2D eigenvalue weighted by atomic mass is 9.97. The second-order valence-electron chi connectivity index (χ2n) is 8.11. The van der Waals surface area contributed by atoms with Crippen molar-refractivity contribution in [3.63, 3.8) is 0 Å². The van der Waals surface area contributed by atoms with Crippen molar-refractivity contribution in [3.05, 3.63) is 53.1 Å². The number of carbonyl (C=O) groups excluding carboxylic acids is 1. The molecule has 8 heteroatoms. The Balaban J connectivity index is 1.64. The molecule has 1 aliphatic rings. The van der Waals surface area contributed by atoms with E-state index in [1.807, 2.05) is 47.7 Å². The normalized spacial score (nSPS) is 14.9. The number of halogens is 1. The highest BCUT2D eigenvalue weighted by Crippen LogP contribution is 2.33. The van der Waals surface area contributed by atoms with E-state index in [4.69, 9.17) is 21.3 Å². The van der Waals surface area contributed by atoms with Crippen molar-refractivity contribution >= 4 is 40.1 Å². The van der Waals surface area contributed by atoms with E-state index < -0.39 is 0 Å². The van der Waals surface area contributed by atoms with Gasteiger partial charge in [0.1, 0.15) is 0 Å². The first-order valence-corrected chi connectivity index (χ1v) is 11.3. The molecule has 0 unspecified atom stereocenters. The van der Waals surface area contributed by atoms with E-state index in [-0.39, 0.29) is 11.9 Å². The van der Waals surface area contributed by atoms with Gasteiger partial charge in [0, 0.05) is 24.0 Å². The number of benzene rings is 2. The third-order valence-electron chi connectivity index (χ3n) is 5.99. The molecule has 164 valence electrons. The van der Waals surface area contributed by atoms with E-state index in [0.717, 1.165) is 46.5 Å². The Morgan fingerprint density at radius 3 is 2.69 bits per heavy atom. The molecule has 2 aromatic heterocycles. The molecule has 1 saturated heterocycles. The molecule has 32 heavy (non-hydrogen) atoms. The molecule has 2 aromatic carbocycles. The van der Waals surface area contributed by atoms with Crippen molar-refractivity contribution in [2.24, 2.45) is 5.92 Å². The molecule has 1 aliphatic heterocycles. The zero-order valence-corrected chi connectivity index (χ0v) is 18.8. The van der Waals surface area contributed by atoms with Gasteiger partial charge in [0.2, 0.25) is 5.95 Å². The fraction of sp³-hybridized carbons (Fsp3) is 0.333. The number of rotatable bonds is 4. The van der Waals surface area contributed by atoms with Crippen molar-refractivity contribution in [2.75, 3.05) is 24.6 Å². The summed E-state index contributed by atoms with van der Waals surface area (Å²) in [6, 6.07) is 13.8. The zero-order valence-electron chi connectivity index (χ0n) is 18.1. The lowest BCUT2D eigenvalue weighted by molar-refractivity contribution is -0.148. The fourth-order valence-corrected chi connectivity index (χ4v) is 4.56. The van der Waals surface area contributed by atoms with Crippen LogP contribution >= 0.6 is 11.6 Å². The number of carbonyl (C=O) groups is 1. The minimum absolute atomic E-state index is 0.0752. The second-order valence-corrected chi connectivity index (χ2v) is 8.52. The van der Waals surface area contributed by atoms with Crippen LogP contribution in [0, 0.1) is 12.8 Å². The van der Waals surface area contributed by atoms with Gasteiger partial charge in [0.25, 0.3) is 0 Å². The van der Waals surface area contributed by atoms with E-state index in [1.54, 1.807) is 0 Å². The van der Waals surface area contributed by atoms with Gasteiger partial charge in [-0.15, -0.1) is 10.2 Å². The summed E-state index contributed by atoms with van der Waals surface area (Å²) in [7, 11) is 0. The van der Waals surface area contributed by atoms with Gasteiger partial charge in [-0.25, -0.2) is 9.38 Å². The maximum atomic E-state index is 12.2. The summed E-state index contributed by atoms with van der Waals surface area (Å²) in [5.41, 5.74) is 3.55. The molecule has 5 rings (SSSR count).